The molecule has 2 aliphatic rings. The Labute approximate surface area is 402 Å². The van der Waals surface area contributed by atoms with Gasteiger partial charge in [0.25, 0.3) is 0 Å². The van der Waals surface area contributed by atoms with Gasteiger partial charge in [-0.3, -0.25) is 0 Å². The van der Waals surface area contributed by atoms with E-state index in [2.05, 4.69) is 0 Å². The summed E-state index contributed by atoms with van der Waals surface area (Å²) in [5.74, 6) is -3.11. The van der Waals surface area contributed by atoms with Crippen LogP contribution in [0.5, 0.6) is 17.2 Å². The number of carbonyl (C=O) groups is 4. The first-order valence-corrected chi connectivity index (χ1v) is 23.0. The van der Waals surface area contributed by atoms with Crippen molar-refractivity contribution in [1.82, 2.24) is 0 Å². The summed E-state index contributed by atoms with van der Waals surface area (Å²) in [4.78, 5) is 69.5. The van der Waals surface area contributed by atoms with Crippen molar-refractivity contribution in [2.24, 2.45) is 0 Å². The Hall–Kier alpha value is -8.23. The normalized spacial score (nSPS) is 19.0. The molecule has 70 heavy (non-hydrogen) atoms. The van der Waals surface area contributed by atoms with E-state index in [9.17, 15) is 24.0 Å². The van der Waals surface area contributed by atoms with Gasteiger partial charge in [-0.2, -0.15) is 0 Å². The SMILES string of the molecule is O=C(OC[C@H]1O[C@H](Oc2ccc3c(OCc4ccccc4)c(OC4CCCCC4)c(=O)oc3c2)[C@@H](OC(=O)c2ccccc2)[C@@H](OC(=O)c2ccccc2)[C@@H]1OC(=O)c1ccccc1)c1ccccc1. The van der Waals surface area contributed by atoms with Crippen LogP contribution >= 0.6 is 0 Å². The van der Waals surface area contributed by atoms with Crippen molar-refractivity contribution in [3.63, 3.8) is 0 Å². The fourth-order valence-electron chi connectivity index (χ4n) is 8.29. The van der Waals surface area contributed by atoms with Crippen LogP contribution < -0.4 is 19.8 Å². The molecule has 1 saturated heterocycles. The van der Waals surface area contributed by atoms with E-state index in [0.29, 0.717) is 5.39 Å². The van der Waals surface area contributed by atoms with Gasteiger partial charge in [-0.05, 0) is 91.9 Å². The maximum Gasteiger partial charge on any atom is 0.383 e. The van der Waals surface area contributed by atoms with Gasteiger partial charge in [-0.25, -0.2) is 24.0 Å². The van der Waals surface area contributed by atoms with Crippen molar-refractivity contribution >= 4 is 34.8 Å². The molecule has 0 N–H and O–H groups in total. The third kappa shape index (κ3) is 11.4. The molecule has 1 aliphatic heterocycles. The summed E-state index contributed by atoms with van der Waals surface area (Å²) < 4.78 is 56.0. The van der Waals surface area contributed by atoms with E-state index >= 15 is 0 Å². The first-order chi connectivity index (χ1) is 34.3. The van der Waals surface area contributed by atoms with Crippen molar-refractivity contribution in [1.29, 1.82) is 0 Å². The molecule has 9 rings (SSSR count). The van der Waals surface area contributed by atoms with Gasteiger partial charge in [0.2, 0.25) is 18.1 Å². The fourth-order valence-corrected chi connectivity index (χ4v) is 8.29. The predicted octanol–water partition coefficient (Wildman–Crippen LogP) is 9.72. The maximum atomic E-state index is 14.1. The third-order valence-electron chi connectivity index (χ3n) is 11.8. The van der Waals surface area contributed by atoms with E-state index in [4.69, 9.17) is 42.3 Å². The van der Waals surface area contributed by atoms with E-state index in [1.165, 1.54) is 42.5 Å². The predicted molar refractivity (Wildman–Crippen MR) is 254 cm³/mol. The number of benzene rings is 6. The van der Waals surface area contributed by atoms with Crippen LogP contribution in [0, 0.1) is 0 Å². The van der Waals surface area contributed by atoms with Gasteiger partial charge in [0.1, 0.15) is 30.7 Å². The number of rotatable bonds is 16. The lowest BCUT2D eigenvalue weighted by atomic mass is 9.97. The Balaban J connectivity index is 1.12. The standard InChI is InChI=1S/C56H48O14/c57-51(37-21-9-2-10-22-37)63-35-45-47(68-52(58)38-23-11-3-12-24-38)48(69-53(59)39-25-13-4-14-26-39)50(70-54(60)40-27-15-5-16-28-40)56(67-45)65-42-31-32-43-44(33-42)66-55(61)49(64-41-29-17-6-18-30-41)46(43)62-34-36-19-7-1-8-20-36/h1-5,7-16,19-28,31-33,41,45,47-48,50,56H,6,17-18,29-30,34-35H2/t45-,47-,48+,50+,56+/m1/s1. The average Bonchev–Trinajstić information content (AvgIpc) is 3.41. The number of ether oxygens (including phenoxy) is 8. The van der Waals surface area contributed by atoms with Crippen LogP contribution in [0.2, 0.25) is 0 Å². The number of esters is 4. The maximum absolute atomic E-state index is 14.1. The number of fused-ring (bicyclic) bond motifs is 1. The molecule has 0 radical (unpaired) electrons. The molecule has 1 aromatic heterocycles. The molecule has 0 unspecified atom stereocenters. The molecule has 14 heteroatoms. The topological polar surface area (TPSA) is 172 Å². The highest BCUT2D eigenvalue weighted by Gasteiger charge is 2.54. The van der Waals surface area contributed by atoms with Gasteiger partial charge in [0, 0.05) is 6.07 Å². The average molecular weight is 945 g/mol. The zero-order valence-corrected chi connectivity index (χ0v) is 37.8. The summed E-state index contributed by atoms with van der Waals surface area (Å²) in [7, 11) is 0. The molecule has 6 aromatic carbocycles. The highest BCUT2D eigenvalue weighted by Crippen LogP contribution is 2.39. The molecule has 0 spiro atoms. The van der Waals surface area contributed by atoms with E-state index in [0.717, 1.165) is 37.7 Å². The molecule has 5 atom stereocenters. The van der Waals surface area contributed by atoms with Crippen LogP contribution in [0.3, 0.4) is 0 Å². The summed E-state index contributed by atoms with van der Waals surface area (Å²) >= 11 is 0. The van der Waals surface area contributed by atoms with E-state index in [-0.39, 0.29) is 57.8 Å². The van der Waals surface area contributed by atoms with Crippen molar-refractivity contribution in [2.45, 2.75) is 75.5 Å². The second-order valence-electron chi connectivity index (χ2n) is 16.7. The zero-order valence-electron chi connectivity index (χ0n) is 37.8. The van der Waals surface area contributed by atoms with Gasteiger partial charge < -0.3 is 42.3 Å². The summed E-state index contributed by atoms with van der Waals surface area (Å²) in [6.45, 7) is -0.435. The summed E-state index contributed by atoms with van der Waals surface area (Å²) in [6.07, 6.45) is -3.63. The first-order valence-electron chi connectivity index (χ1n) is 23.0. The summed E-state index contributed by atoms with van der Waals surface area (Å²) in [5, 5.41) is 0.401. The minimum absolute atomic E-state index is 0.0421. The molecule has 2 fully saturated rings. The van der Waals surface area contributed by atoms with Crippen LogP contribution in [0.25, 0.3) is 11.0 Å². The summed E-state index contributed by atoms with van der Waals surface area (Å²) in [6, 6.07) is 46.5. The van der Waals surface area contributed by atoms with Gasteiger partial charge in [-0.15, -0.1) is 0 Å². The van der Waals surface area contributed by atoms with Crippen LogP contribution in [0.1, 0.15) is 79.1 Å². The molecule has 0 amide bonds. The van der Waals surface area contributed by atoms with Crippen LogP contribution in [-0.2, 0) is 30.3 Å². The Bertz CT molecular complexity index is 2940. The van der Waals surface area contributed by atoms with Crippen molar-refractivity contribution in [2.75, 3.05) is 6.61 Å². The molecule has 14 nitrogen and oxygen atoms in total. The quantitative estimate of drug-likeness (QED) is 0.0509. The first kappa shape index (κ1) is 46.9. The van der Waals surface area contributed by atoms with Crippen molar-refractivity contribution in [3.05, 3.63) is 208 Å². The summed E-state index contributed by atoms with van der Waals surface area (Å²) in [5.41, 5.74) is 0.779. The highest BCUT2D eigenvalue weighted by molar-refractivity contribution is 5.92. The number of hydrogen-bond donors (Lipinski definition) is 0. The Morgan fingerprint density at radius 3 is 1.57 bits per heavy atom. The molecular weight excluding hydrogens is 897 g/mol. The minimum atomic E-state index is -1.67. The lowest BCUT2D eigenvalue weighted by molar-refractivity contribution is -0.275. The largest absolute Gasteiger partial charge is 0.484 e. The minimum Gasteiger partial charge on any atom is -0.484 e. The Morgan fingerprint density at radius 1 is 0.514 bits per heavy atom. The fraction of sp³-hybridized carbons (Fsp3) is 0.232. The number of carbonyl (C=O) groups excluding carboxylic acids is 4. The highest BCUT2D eigenvalue weighted by atomic mass is 16.7. The lowest BCUT2D eigenvalue weighted by Gasteiger charge is -2.44. The molecular formula is C56H48O14. The molecule has 356 valence electrons. The third-order valence-corrected chi connectivity index (χ3v) is 11.8. The van der Waals surface area contributed by atoms with Gasteiger partial charge in [0.05, 0.1) is 33.7 Å². The molecule has 7 aromatic rings. The van der Waals surface area contributed by atoms with Crippen LogP contribution in [0.4, 0.5) is 0 Å². The zero-order chi connectivity index (χ0) is 48.2. The molecule has 1 saturated carbocycles. The smallest absolute Gasteiger partial charge is 0.383 e. The number of hydrogen-bond acceptors (Lipinski definition) is 14. The monoisotopic (exact) mass is 944 g/mol. The molecule has 1 aliphatic carbocycles. The van der Waals surface area contributed by atoms with Crippen LogP contribution in [0.15, 0.2) is 179 Å². The van der Waals surface area contributed by atoms with Crippen molar-refractivity contribution in [3.8, 4) is 17.2 Å². The second kappa shape index (κ2) is 22.3. The second-order valence-corrected chi connectivity index (χ2v) is 16.7. The van der Waals surface area contributed by atoms with Crippen LogP contribution in [-0.4, -0.2) is 67.3 Å². The van der Waals surface area contributed by atoms with Gasteiger partial charge in [-0.1, -0.05) is 110 Å². The van der Waals surface area contributed by atoms with E-state index in [1.54, 1.807) is 97.1 Å². The van der Waals surface area contributed by atoms with Crippen molar-refractivity contribution < 1.29 is 61.5 Å². The van der Waals surface area contributed by atoms with E-state index in [1.807, 2.05) is 30.3 Å². The van der Waals surface area contributed by atoms with E-state index < -0.39 is 66.8 Å². The van der Waals surface area contributed by atoms with Gasteiger partial charge >= 0.3 is 29.5 Å². The molecule has 2 heterocycles. The Kier molecular flexibility index (Phi) is 14.9. The Morgan fingerprint density at radius 2 is 1.01 bits per heavy atom. The molecule has 0 bridgehead atoms. The van der Waals surface area contributed by atoms with Gasteiger partial charge in [0.15, 0.2) is 18.0 Å². The lowest BCUT2D eigenvalue weighted by Crippen LogP contribution is -2.63.